The van der Waals surface area contributed by atoms with Gasteiger partial charge in [-0.05, 0) is 36.1 Å². The van der Waals surface area contributed by atoms with Crippen LogP contribution in [0.2, 0.25) is 0 Å². The molecule has 1 aliphatic carbocycles. The van der Waals surface area contributed by atoms with Crippen molar-refractivity contribution in [2.45, 2.75) is 31.8 Å². The summed E-state index contributed by atoms with van der Waals surface area (Å²) in [4.78, 5) is 18.6. The molecule has 2 atom stereocenters. The van der Waals surface area contributed by atoms with E-state index in [1.165, 1.54) is 11.1 Å². The van der Waals surface area contributed by atoms with Crippen molar-refractivity contribution in [3.8, 4) is 5.75 Å². The van der Waals surface area contributed by atoms with E-state index in [0.717, 1.165) is 31.7 Å². The molecule has 2 aliphatic rings. The van der Waals surface area contributed by atoms with Crippen molar-refractivity contribution < 1.29 is 9.53 Å². The van der Waals surface area contributed by atoms with Gasteiger partial charge >= 0.3 is 0 Å². The molecule has 0 aromatic heterocycles. The molecule has 5 heteroatoms. The molecule has 130 valence electrons. The number of nitrogens with zero attached hydrogens (tertiary/aromatic N) is 3. The van der Waals surface area contributed by atoms with Gasteiger partial charge in [-0.15, -0.1) is 0 Å². The Morgan fingerprint density at radius 3 is 2.71 bits per heavy atom. The van der Waals surface area contributed by atoms with Gasteiger partial charge in [-0.2, -0.15) is 0 Å². The number of methoxy groups -OCH3 is 1. The lowest BCUT2D eigenvalue weighted by Gasteiger charge is -2.45. The number of aryl methyl sites for hydroxylation is 1. The van der Waals surface area contributed by atoms with Crippen LogP contribution in [0.4, 0.5) is 0 Å². The summed E-state index contributed by atoms with van der Waals surface area (Å²) in [5.41, 5.74) is 2.54. The Kier molecular flexibility index (Phi) is 4.69. The molecule has 1 aliphatic heterocycles. The monoisotopic (exact) mass is 329 g/mol. The summed E-state index contributed by atoms with van der Waals surface area (Å²) in [6.45, 7) is 3.65. The Morgan fingerprint density at radius 1 is 1.29 bits per heavy atom. The summed E-state index contributed by atoms with van der Waals surface area (Å²) in [6.07, 6.45) is 6.34. The lowest BCUT2D eigenvalue weighted by atomic mass is 9.82. The summed E-state index contributed by atoms with van der Waals surface area (Å²) in [6, 6.07) is 6.63. The van der Waals surface area contributed by atoms with E-state index in [4.69, 9.17) is 4.74 Å². The van der Waals surface area contributed by atoms with E-state index in [9.17, 15) is 4.79 Å². The largest absolute Gasteiger partial charge is 0.497 e. The molecule has 0 radical (unpaired) electrons. The van der Waals surface area contributed by atoms with Gasteiger partial charge < -0.3 is 19.4 Å². The summed E-state index contributed by atoms with van der Waals surface area (Å²) >= 11 is 0. The first-order valence-electron chi connectivity index (χ1n) is 8.55. The number of likely N-dealkylation sites (N-methyl/N-ethyl adjacent to an activating group) is 2. The van der Waals surface area contributed by atoms with Gasteiger partial charge in [0, 0.05) is 46.5 Å². The maximum atomic E-state index is 12.1. The highest BCUT2D eigenvalue weighted by molar-refractivity contribution is 5.73. The van der Waals surface area contributed by atoms with Crippen LogP contribution in [0.3, 0.4) is 0 Å². The third-order valence-electron chi connectivity index (χ3n) is 5.31. The number of hydrogen-bond donors (Lipinski definition) is 0. The molecule has 1 aromatic carbocycles. The lowest BCUT2D eigenvalue weighted by molar-refractivity contribution is -0.131. The van der Waals surface area contributed by atoms with E-state index in [2.05, 4.69) is 41.4 Å². The fourth-order valence-corrected chi connectivity index (χ4v) is 3.79. The van der Waals surface area contributed by atoms with Crippen molar-refractivity contribution in [1.29, 1.82) is 0 Å². The second-order valence-electron chi connectivity index (χ2n) is 6.76. The minimum Gasteiger partial charge on any atom is -0.497 e. The first-order valence-corrected chi connectivity index (χ1v) is 8.55. The fraction of sp³-hybridized carbons (Fsp3) is 0.526. The third kappa shape index (κ3) is 3.07. The quantitative estimate of drug-likeness (QED) is 0.852. The van der Waals surface area contributed by atoms with Gasteiger partial charge in [0.15, 0.2) is 0 Å². The molecule has 1 aromatic rings. The smallest absolute Gasteiger partial charge is 0.219 e. The topological polar surface area (TPSA) is 36.0 Å². The van der Waals surface area contributed by atoms with Crippen LogP contribution in [0, 0.1) is 0 Å². The summed E-state index contributed by atoms with van der Waals surface area (Å²) in [5, 5.41) is 0. The normalized spacial score (nSPS) is 23.0. The zero-order valence-electron chi connectivity index (χ0n) is 15.0. The molecule has 1 heterocycles. The predicted octanol–water partition coefficient (Wildman–Crippen LogP) is 2.25. The van der Waals surface area contributed by atoms with Crippen LogP contribution in [0.15, 0.2) is 30.6 Å². The van der Waals surface area contributed by atoms with Crippen LogP contribution >= 0.6 is 0 Å². The van der Waals surface area contributed by atoms with E-state index in [1.807, 2.05) is 18.0 Å². The average molecular weight is 329 g/mol. The number of carbonyl (C=O) groups is 1. The average Bonchev–Trinajstić information content (AvgIpc) is 2.60. The Morgan fingerprint density at radius 2 is 2.08 bits per heavy atom. The number of rotatable bonds is 3. The van der Waals surface area contributed by atoms with Gasteiger partial charge in [-0.25, -0.2) is 0 Å². The maximum absolute atomic E-state index is 12.1. The lowest BCUT2D eigenvalue weighted by Crippen LogP contribution is -2.49. The second kappa shape index (κ2) is 6.75. The summed E-state index contributed by atoms with van der Waals surface area (Å²) < 4.78 is 5.37. The zero-order chi connectivity index (χ0) is 17.3. The highest BCUT2D eigenvalue weighted by Crippen LogP contribution is 2.38. The van der Waals surface area contributed by atoms with E-state index in [-0.39, 0.29) is 11.9 Å². The van der Waals surface area contributed by atoms with Crippen LogP contribution in [-0.2, 0) is 11.2 Å². The molecule has 0 bridgehead atoms. The Balaban J connectivity index is 1.97. The minimum atomic E-state index is 0.0743. The standard InChI is InChI=1S/C19H27N3O2/c1-14(23)21(3)19-17-7-6-16(24-4)13-15(17)5-8-18(19)22-11-9-20(2)10-12-22/h6-7,9,11,13,18-19H,5,8,10,12H2,1-4H3/t18-,19-/m0/s1. The van der Waals surface area contributed by atoms with Crippen LogP contribution in [-0.4, -0.2) is 60.9 Å². The first kappa shape index (κ1) is 16.7. The Labute approximate surface area is 144 Å². The Hall–Kier alpha value is -2.17. The van der Waals surface area contributed by atoms with E-state index in [0.29, 0.717) is 6.04 Å². The molecule has 0 saturated carbocycles. The zero-order valence-corrected chi connectivity index (χ0v) is 15.0. The van der Waals surface area contributed by atoms with Gasteiger partial charge in [-0.3, -0.25) is 4.79 Å². The van der Waals surface area contributed by atoms with Gasteiger partial charge in [0.05, 0.1) is 19.2 Å². The predicted molar refractivity (Wildman–Crippen MR) is 94.8 cm³/mol. The van der Waals surface area contributed by atoms with Crippen LogP contribution in [0.5, 0.6) is 5.75 Å². The minimum absolute atomic E-state index is 0.0743. The van der Waals surface area contributed by atoms with Gasteiger partial charge in [-0.1, -0.05) is 6.07 Å². The molecule has 3 rings (SSSR count). The summed E-state index contributed by atoms with van der Waals surface area (Å²) in [7, 11) is 5.70. The molecule has 0 unspecified atom stereocenters. The number of benzene rings is 1. The van der Waals surface area contributed by atoms with Crippen LogP contribution in [0.1, 0.15) is 30.5 Å². The molecule has 0 saturated heterocycles. The van der Waals surface area contributed by atoms with E-state index < -0.39 is 0 Å². The van der Waals surface area contributed by atoms with Crippen LogP contribution in [0.25, 0.3) is 0 Å². The van der Waals surface area contributed by atoms with Crippen molar-refractivity contribution >= 4 is 5.91 Å². The molecule has 0 fully saturated rings. The number of carbonyl (C=O) groups excluding carboxylic acids is 1. The number of hydrogen-bond acceptors (Lipinski definition) is 4. The fourth-order valence-electron chi connectivity index (χ4n) is 3.79. The van der Waals surface area contributed by atoms with Crippen molar-refractivity contribution in [3.63, 3.8) is 0 Å². The molecule has 1 amide bonds. The highest BCUT2D eigenvalue weighted by atomic mass is 16.5. The molecule has 0 N–H and O–H groups in total. The number of fused-ring (bicyclic) bond motifs is 1. The number of amides is 1. The van der Waals surface area contributed by atoms with Crippen molar-refractivity contribution in [3.05, 3.63) is 41.7 Å². The SMILES string of the molecule is COc1ccc2c(c1)CC[C@H](N1C=CN(C)CC1)[C@H]2N(C)C(C)=O. The first-order chi connectivity index (χ1) is 11.5. The molecular weight excluding hydrogens is 302 g/mol. The molecule has 0 spiro atoms. The summed E-state index contributed by atoms with van der Waals surface area (Å²) in [5.74, 6) is 0.989. The van der Waals surface area contributed by atoms with Gasteiger partial charge in [0.1, 0.15) is 5.75 Å². The number of ether oxygens (including phenoxy) is 1. The van der Waals surface area contributed by atoms with Gasteiger partial charge in [0.25, 0.3) is 0 Å². The highest BCUT2D eigenvalue weighted by Gasteiger charge is 2.36. The van der Waals surface area contributed by atoms with Crippen molar-refractivity contribution in [1.82, 2.24) is 14.7 Å². The molecule has 5 nitrogen and oxygen atoms in total. The van der Waals surface area contributed by atoms with Crippen molar-refractivity contribution in [2.75, 3.05) is 34.3 Å². The molecule has 24 heavy (non-hydrogen) atoms. The third-order valence-corrected chi connectivity index (χ3v) is 5.31. The van der Waals surface area contributed by atoms with Gasteiger partial charge in [0.2, 0.25) is 5.91 Å². The molecular formula is C19H27N3O2. The maximum Gasteiger partial charge on any atom is 0.219 e. The Bertz CT molecular complexity index is 643. The van der Waals surface area contributed by atoms with Crippen LogP contribution < -0.4 is 4.74 Å². The van der Waals surface area contributed by atoms with E-state index in [1.54, 1.807) is 14.0 Å². The van der Waals surface area contributed by atoms with E-state index >= 15 is 0 Å². The second-order valence-corrected chi connectivity index (χ2v) is 6.76. The van der Waals surface area contributed by atoms with Crippen molar-refractivity contribution in [2.24, 2.45) is 0 Å².